The number of nitriles is 1. The molecule has 1 aliphatic rings. The molecule has 1 heterocycles. The summed E-state index contributed by atoms with van der Waals surface area (Å²) in [6, 6.07) is 10.8. The van der Waals surface area contributed by atoms with Gasteiger partial charge in [-0.1, -0.05) is 36.9 Å². The van der Waals surface area contributed by atoms with Crippen LogP contribution in [0.3, 0.4) is 0 Å². The Morgan fingerprint density at radius 3 is 2.74 bits per heavy atom. The molecule has 1 aromatic carbocycles. The minimum Gasteiger partial charge on any atom is -0.444 e. The molecule has 1 aromatic rings. The van der Waals surface area contributed by atoms with E-state index in [9.17, 15) is 19.6 Å². The molecule has 0 spiro atoms. The Morgan fingerprint density at radius 2 is 2.11 bits per heavy atom. The molecule has 0 saturated carbocycles. The molecule has 2 atom stereocenters. The van der Waals surface area contributed by atoms with Crippen molar-refractivity contribution in [3.8, 4) is 6.07 Å². The summed E-state index contributed by atoms with van der Waals surface area (Å²) in [6.07, 6.45) is 0.0924. The number of nitrogens with one attached hydrogen (secondary N) is 1. The zero-order valence-corrected chi connectivity index (χ0v) is 14.9. The first kappa shape index (κ1) is 20.5. The Labute approximate surface area is 158 Å². The van der Waals surface area contributed by atoms with Gasteiger partial charge in [0.1, 0.15) is 17.7 Å². The van der Waals surface area contributed by atoms with Crippen molar-refractivity contribution < 1.29 is 24.4 Å². The van der Waals surface area contributed by atoms with Crippen LogP contribution in [-0.4, -0.2) is 59.2 Å². The number of hydrogen-bond donors (Lipinski definition) is 3. The predicted molar refractivity (Wildman–Crippen MR) is 98.1 cm³/mol. The smallest absolute Gasteiger partial charge is 0.444 e. The fourth-order valence-corrected chi connectivity index (χ4v) is 2.89. The van der Waals surface area contributed by atoms with Gasteiger partial charge in [0.05, 0.1) is 12.5 Å². The van der Waals surface area contributed by atoms with Gasteiger partial charge in [0, 0.05) is 6.54 Å². The minimum absolute atomic E-state index is 0.161. The van der Waals surface area contributed by atoms with E-state index < -0.39 is 31.2 Å². The first-order valence-corrected chi connectivity index (χ1v) is 8.66. The lowest BCUT2D eigenvalue weighted by atomic mass is 9.76. The van der Waals surface area contributed by atoms with Gasteiger partial charge in [0.25, 0.3) is 5.91 Å². The van der Waals surface area contributed by atoms with Crippen LogP contribution in [0, 0.1) is 11.3 Å². The lowest BCUT2D eigenvalue weighted by Crippen LogP contribution is -2.50. The SMILES string of the molecule is C=C(C#N)C(=O)N1CCC[C@@H](OC(=O)N[C@@H](Cc2ccccc2)B(O)O)C1. The van der Waals surface area contributed by atoms with Crippen molar-refractivity contribution in [3.63, 3.8) is 0 Å². The Bertz CT molecular complexity index is 719. The minimum atomic E-state index is -1.75. The summed E-state index contributed by atoms with van der Waals surface area (Å²) in [5, 5.41) is 30.3. The summed E-state index contributed by atoms with van der Waals surface area (Å²) in [5.74, 6) is -1.40. The molecule has 8 nitrogen and oxygen atoms in total. The molecule has 27 heavy (non-hydrogen) atoms. The number of likely N-dealkylation sites (tertiary alicyclic amines) is 1. The second-order valence-corrected chi connectivity index (χ2v) is 6.37. The highest BCUT2D eigenvalue weighted by Gasteiger charge is 2.30. The third-order valence-electron chi connectivity index (χ3n) is 4.29. The molecule has 2 rings (SSSR count). The highest BCUT2D eigenvalue weighted by molar-refractivity contribution is 6.43. The van der Waals surface area contributed by atoms with E-state index in [1.807, 2.05) is 30.3 Å². The van der Waals surface area contributed by atoms with E-state index in [4.69, 9.17) is 10.00 Å². The second-order valence-electron chi connectivity index (χ2n) is 6.37. The number of piperidine rings is 1. The average molecular weight is 371 g/mol. The molecule has 0 bridgehead atoms. The van der Waals surface area contributed by atoms with Crippen molar-refractivity contribution in [2.24, 2.45) is 0 Å². The summed E-state index contributed by atoms with van der Waals surface area (Å²) in [4.78, 5) is 25.6. The zero-order chi connectivity index (χ0) is 19.8. The molecule has 142 valence electrons. The van der Waals surface area contributed by atoms with Crippen molar-refractivity contribution in [2.45, 2.75) is 31.3 Å². The summed E-state index contributed by atoms with van der Waals surface area (Å²) >= 11 is 0. The molecule has 1 aliphatic heterocycles. The fourth-order valence-electron chi connectivity index (χ4n) is 2.89. The Morgan fingerprint density at radius 1 is 1.41 bits per heavy atom. The Hall–Kier alpha value is -2.83. The molecule has 1 saturated heterocycles. The van der Waals surface area contributed by atoms with Crippen LogP contribution in [0.5, 0.6) is 0 Å². The topological polar surface area (TPSA) is 123 Å². The number of amides is 2. The molecule has 0 aromatic heterocycles. The first-order valence-electron chi connectivity index (χ1n) is 8.66. The van der Waals surface area contributed by atoms with Gasteiger partial charge in [0.15, 0.2) is 0 Å². The van der Waals surface area contributed by atoms with Crippen LogP contribution in [0.1, 0.15) is 18.4 Å². The predicted octanol–water partition coefficient (Wildman–Crippen LogP) is 0.407. The van der Waals surface area contributed by atoms with Crippen LogP contribution >= 0.6 is 0 Å². The van der Waals surface area contributed by atoms with Crippen LogP contribution in [0.25, 0.3) is 0 Å². The van der Waals surface area contributed by atoms with Gasteiger partial charge in [-0.05, 0) is 24.8 Å². The van der Waals surface area contributed by atoms with Gasteiger partial charge in [-0.2, -0.15) is 5.26 Å². The lowest BCUT2D eigenvalue weighted by molar-refractivity contribution is -0.129. The standard InChI is InChI=1S/C18H22BN3O5/c1-13(11-20)17(23)22-9-5-8-15(12-22)27-18(24)21-16(19(25)26)10-14-6-3-2-4-7-14/h2-4,6-7,15-16,25-26H,1,5,8-10,12H2,(H,21,24)/t15-,16+/m1/s1. The third-order valence-corrected chi connectivity index (χ3v) is 4.29. The number of alkyl carbamates (subject to hydrolysis) is 1. The molecule has 9 heteroatoms. The number of benzene rings is 1. The number of nitrogens with zero attached hydrogens (tertiary/aromatic N) is 2. The molecule has 1 fully saturated rings. The van der Waals surface area contributed by atoms with Gasteiger partial charge >= 0.3 is 13.2 Å². The van der Waals surface area contributed by atoms with Crippen LogP contribution in [-0.2, 0) is 16.0 Å². The van der Waals surface area contributed by atoms with E-state index in [0.29, 0.717) is 19.4 Å². The van der Waals surface area contributed by atoms with Crippen LogP contribution in [0.2, 0.25) is 0 Å². The summed E-state index contributed by atoms with van der Waals surface area (Å²) in [7, 11) is -1.75. The fraction of sp³-hybridized carbons (Fsp3) is 0.389. The number of ether oxygens (including phenoxy) is 1. The van der Waals surface area contributed by atoms with Gasteiger partial charge < -0.3 is 25.0 Å². The highest BCUT2D eigenvalue weighted by Crippen LogP contribution is 2.15. The van der Waals surface area contributed by atoms with E-state index in [-0.39, 0.29) is 18.5 Å². The number of carbonyl (C=O) groups is 2. The van der Waals surface area contributed by atoms with Gasteiger partial charge in [-0.25, -0.2) is 4.79 Å². The van der Waals surface area contributed by atoms with Crippen LogP contribution < -0.4 is 5.32 Å². The van der Waals surface area contributed by atoms with Crippen molar-refractivity contribution in [1.29, 1.82) is 5.26 Å². The van der Waals surface area contributed by atoms with E-state index >= 15 is 0 Å². The van der Waals surface area contributed by atoms with E-state index in [2.05, 4.69) is 11.9 Å². The Balaban J connectivity index is 1.90. The first-order chi connectivity index (χ1) is 12.9. The molecule has 0 radical (unpaired) electrons. The zero-order valence-electron chi connectivity index (χ0n) is 14.9. The summed E-state index contributed by atoms with van der Waals surface area (Å²) in [5.41, 5.74) is 0.673. The third kappa shape index (κ3) is 6.13. The number of rotatable bonds is 6. The van der Waals surface area contributed by atoms with Crippen LogP contribution in [0.15, 0.2) is 42.5 Å². The van der Waals surface area contributed by atoms with Crippen LogP contribution in [0.4, 0.5) is 4.79 Å². The molecular formula is C18H22BN3O5. The lowest BCUT2D eigenvalue weighted by Gasteiger charge is -2.32. The Kier molecular flexibility index (Phi) is 7.40. The highest BCUT2D eigenvalue weighted by atomic mass is 16.6. The van der Waals surface area contributed by atoms with Gasteiger partial charge in [-0.3, -0.25) is 4.79 Å². The van der Waals surface area contributed by atoms with Crippen molar-refractivity contribution in [2.75, 3.05) is 13.1 Å². The molecule has 0 aliphatic carbocycles. The second kappa shape index (κ2) is 9.76. The summed E-state index contributed by atoms with van der Waals surface area (Å²) in [6.45, 7) is 4.03. The molecule has 2 amide bonds. The van der Waals surface area contributed by atoms with E-state index in [1.165, 1.54) is 4.90 Å². The maximum Gasteiger partial charge on any atom is 0.475 e. The molecule has 3 N–H and O–H groups in total. The molecular weight excluding hydrogens is 349 g/mol. The normalized spacial score (nSPS) is 17.4. The quantitative estimate of drug-likeness (QED) is 0.378. The van der Waals surface area contributed by atoms with Crippen molar-refractivity contribution in [3.05, 3.63) is 48.0 Å². The largest absolute Gasteiger partial charge is 0.475 e. The average Bonchev–Trinajstić information content (AvgIpc) is 2.67. The monoisotopic (exact) mass is 371 g/mol. The van der Waals surface area contributed by atoms with E-state index in [0.717, 1.165) is 5.56 Å². The van der Waals surface area contributed by atoms with Crippen molar-refractivity contribution >= 4 is 19.1 Å². The maximum atomic E-state index is 12.2. The van der Waals surface area contributed by atoms with Gasteiger partial charge in [0.2, 0.25) is 0 Å². The molecule has 0 unspecified atom stereocenters. The van der Waals surface area contributed by atoms with Crippen molar-refractivity contribution in [1.82, 2.24) is 10.2 Å². The van der Waals surface area contributed by atoms with Gasteiger partial charge in [-0.15, -0.1) is 0 Å². The summed E-state index contributed by atoms with van der Waals surface area (Å²) < 4.78 is 5.32. The van der Waals surface area contributed by atoms with E-state index in [1.54, 1.807) is 6.07 Å². The number of hydrogen-bond acceptors (Lipinski definition) is 6. The maximum absolute atomic E-state index is 12.2. The number of carbonyl (C=O) groups excluding carboxylic acids is 2.